The van der Waals surface area contributed by atoms with Gasteiger partial charge >= 0.3 is 0 Å². The average Bonchev–Trinajstić information content (AvgIpc) is 2.30. The molecule has 0 aliphatic carbocycles. The number of ketones is 1. The Balaban J connectivity index is 2.40. The van der Waals surface area contributed by atoms with Crippen LogP contribution in [0.2, 0.25) is 5.02 Å². The van der Waals surface area contributed by atoms with E-state index in [1.54, 1.807) is 12.1 Å². The van der Waals surface area contributed by atoms with E-state index in [0.29, 0.717) is 22.1 Å². The van der Waals surface area contributed by atoms with Gasteiger partial charge in [0.1, 0.15) is 5.75 Å². The molecule has 0 N–H and O–H groups in total. The van der Waals surface area contributed by atoms with Crippen molar-refractivity contribution in [2.75, 3.05) is 0 Å². The molecule has 86 valence electrons. The third kappa shape index (κ3) is 2.63. The number of pyridine rings is 1. The standard InChI is InChI=1S/C13H10ClNO2/c1-9(16)13-11(14)7-15-8-12(13)17-10-5-3-2-4-6-10/h2-8H,1H3. The van der Waals surface area contributed by atoms with Crippen LogP contribution in [0.25, 0.3) is 0 Å². The minimum Gasteiger partial charge on any atom is -0.455 e. The monoisotopic (exact) mass is 247 g/mol. The molecule has 0 unspecified atom stereocenters. The van der Waals surface area contributed by atoms with Gasteiger partial charge in [0, 0.05) is 6.20 Å². The Morgan fingerprint density at radius 3 is 2.59 bits per heavy atom. The number of nitrogens with zero attached hydrogens (tertiary/aromatic N) is 1. The molecule has 1 aromatic heterocycles. The van der Waals surface area contributed by atoms with Gasteiger partial charge in [-0.15, -0.1) is 0 Å². The Labute approximate surface area is 104 Å². The van der Waals surface area contributed by atoms with Crippen LogP contribution in [0, 0.1) is 0 Å². The number of hydrogen-bond acceptors (Lipinski definition) is 3. The molecule has 0 aliphatic rings. The highest BCUT2D eigenvalue weighted by Gasteiger charge is 2.14. The number of aromatic nitrogens is 1. The Morgan fingerprint density at radius 1 is 1.24 bits per heavy atom. The summed E-state index contributed by atoms with van der Waals surface area (Å²) in [5, 5.41) is 0.297. The first-order chi connectivity index (χ1) is 8.18. The van der Waals surface area contributed by atoms with E-state index < -0.39 is 0 Å². The molecule has 17 heavy (non-hydrogen) atoms. The molecule has 0 saturated heterocycles. The van der Waals surface area contributed by atoms with E-state index in [1.165, 1.54) is 19.3 Å². The predicted octanol–water partition coefficient (Wildman–Crippen LogP) is 3.73. The molecule has 2 rings (SSSR count). The van der Waals surface area contributed by atoms with Crippen LogP contribution in [0.15, 0.2) is 42.7 Å². The van der Waals surface area contributed by atoms with Gasteiger partial charge in [-0.3, -0.25) is 9.78 Å². The van der Waals surface area contributed by atoms with Crippen molar-refractivity contribution in [2.24, 2.45) is 0 Å². The molecule has 0 saturated carbocycles. The molecule has 0 bridgehead atoms. The van der Waals surface area contributed by atoms with Crippen molar-refractivity contribution in [1.29, 1.82) is 0 Å². The second kappa shape index (κ2) is 4.97. The first-order valence-corrected chi connectivity index (χ1v) is 5.43. The number of rotatable bonds is 3. The maximum Gasteiger partial charge on any atom is 0.165 e. The van der Waals surface area contributed by atoms with Gasteiger partial charge in [0.15, 0.2) is 11.5 Å². The maximum atomic E-state index is 11.5. The normalized spacial score (nSPS) is 10.0. The summed E-state index contributed by atoms with van der Waals surface area (Å²) >= 11 is 5.93. The SMILES string of the molecule is CC(=O)c1c(Cl)cncc1Oc1ccccc1. The van der Waals surface area contributed by atoms with Crippen LogP contribution in [0.1, 0.15) is 17.3 Å². The van der Waals surface area contributed by atoms with Crippen LogP contribution in [-0.2, 0) is 0 Å². The molecule has 0 spiro atoms. The van der Waals surface area contributed by atoms with E-state index in [4.69, 9.17) is 16.3 Å². The summed E-state index contributed by atoms with van der Waals surface area (Å²) in [5.41, 5.74) is 0.352. The number of carbonyl (C=O) groups is 1. The number of carbonyl (C=O) groups excluding carboxylic acids is 1. The molecule has 1 heterocycles. The Hall–Kier alpha value is -1.87. The summed E-state index contributed by atoms with van der Waals surface area (Å²) in [4.78, 5) is 15.4. The van der Waals surface area contributed by atoms with E-state index >= 15 is 0 Å². The van der Waals surface area contributed by atoms with Gasteiger partial charge in [-0.2, -0.15) is 0 Å². The molecule has 0 aliphatic heterocycles. The lowest BCUT2D eigenvalue weighted by Gasteiger charge is -2.09. The number of hydrogen-bond donors (Lipinski definition) is 0. The van der Waals surface area contributed by atoms with Gasteiger partial charge in [0.25, 0.3) is 0 Å². The van der Waals surface area contributed by atoms with Crippen LogP contribution in [0.4, 0.5) is 0 Å². The Morgan fingerprint density at radius 2 is 1.94 bits per heavy atom. The summed E-state index contributed by atoms with van der Waals surface area (Å²) in [6, 6.07) is 9.17. The van der Waals surface area contributed by atoms with E-state index in [9.17, 15) is 4.79 Å². The van der Waals surface area contributed by atoms with E-state index in [-0.39, 0.29) is 5.78 Å². The summed E-state index contributed by atoms with van der Waals surface area (Å²) in [6.45, 7) is 1.44. The second-order valence-electron chi connectivity index (χ2n) is 3.47. The third-order valence-electron chi connectivity index (χ3n) is 2.19. The summed E-state index contributed by atoms with van der Waals surface area (Å²) < 4.78 is 5.58. The smallest absolute Gasteiger partial charge is 0.165 e. The van der Waals surface area contributed by atoms with Crippen molar-refractivity contribution in [3.05, 3.63) is 53.3 Å². The van der Waals surface area contributed by atoms with Gasteiger partial charge in [-0.1, -0.05) is 29.8 Å². The van der Waals surface area contributed by atoms with E-state index in [2.05, 4.69) is 4.98 Å². The summed E-state index contributed by atoms with van der Waals surface area (Å²) in [7, 11) is 0. The number of Topliss-reactive ketones (excluding diaryl/α,β-unsaturated/α-hetero) is 1. The fraction of sp³-hybridized carbons (Fsp3) is 0.0769. The topological polar surface area (TPSA) is 39.2 Å². The fourth-order valence-electron chi connectivity index (χ4n) is 1.45. The van der Waals surface area contributed by atoms with Gasteiger partial charge in [0.2, 0.25) is 0 Å². The molecule has 2 aromatic rings. The van der Waals surface area contributed by atoms with E-state index in [1.807, 2.05) is 18.2 Å². The number of para-hydroxylation sites is 1. The summed E-state index contributed by atoms with van der Waals surface area (Å²) in [5.74, 6) is 0.860. The molecule has 4 heteroatoms. The van der Waals surface area contributed by atoms with Crippen LogP contribution >= 0.6 is 11.6 Å². The molecule has 0 radical (unpaired) electrons. The van der Waals surface area contributed by atoms with E-state index in [0.717, 1.165) is 0 Å². The molecule has 3 nitrogen and oxygen atoms in total. The minimum absolute atomic E-state index is 0.150. The van der Waals surface area contributed by atoms with Crippen molar-refractivity contribution < 1.29 is 9.53 Å². The Bertz CT molecular complexity index is 540. The van der Waals surface area contributed by atoms with Crippen molar-refractivity contribution in [3.8, 4) is 11.5 Å². The fourth-order valence-corrected chi connectivity index (χ4v) is 1.73. The Kier molecular flexibility index (Phi) is 3.40. The molecular weight excluding hydrogens is 238 g/mol. The largest absolute Gasteiger partial charge is 0.455 e. The van der Waals surface area contributed by atoms with Gasteiger partial charge in [-0.25, -0.2) is 0 Å². The third-order valence-corrected chi connectivity index (χ3v) is 2.47. The van der Waals surface area contributed by atoms with Gasteiger partial charge < -0.3 is 4.74 Å². The zero-order chi connectivity index (χ0) is 12.3. The molecule has 1 aromatic carbocycles. The van der Waals surface area contributed by atoms with Crippen LogP contribution < -0.4 is 4.74 Å². The van der Waals surface area contributed by atoms with Crippen molar-refractivity contribution in [2.45, 2.75) is 6.92 Å². The lowest BCUT2D eigenvalue weighted by atomic mass is 10.2. The van der Waals surface area contributed by atoms with Crippen LogP contribution in [0.5, 0.6) is 11.5 Å². The first-order valence-electron chi connectivity index (χ1n) is 5.06. The summed E-state index contributed by atoms with van der Waals surface area (Å²) in [6.07, 6.45) is 2.91. The van der Waals surface area contributed by atoms with Crippen LogP contribution in [0.3, 0.4) is 0 Å². The van der Waals surface area contributed by atoms with Crippen molar-refractivity contribution >= 4 is 17.4 Å². The maximum absolute atomic E-state index is 11.5. The number of halogens is 1. The predicted molar refractivity (Wildman–Crippen MR) is 65.8 cm³/mol. The van der Waals surface area contributed by atoms with Crippen molar-refractivity contribution in [1.82, 2.24) is 4.98 Å². The first kappa shape index (κ1) is 11.6. The highest BCUT2D eigenvalue weighted by atomic mass is 35.5. The zero-order valence-corrected chi connectivity index (χ0v) is 9.94. The average molecular weight is 248 g/mol. The lowest BCUT2D eigenvalue weighted by Crippen LogP contribution is -1.99. The second-order valence-corrected chi connectivity index (χ2v) is 3.87. The quantitative estimate of drug-likeness (QED) is 0.776. The highest BCUT2D eigenvalue weighted by molar-refractivity contribution is 6.34. The number of ether oxygens (including phenoxy) is 1. The van der Waals surface area contributed by atoms with Crippen LogP contribution in [-0.4, -0.2) is 10.8 Å². The lowest BCUT2D eigenvalue weighted by molar-refractivity contribution is 0.101. The molecular formula is C13H10ClNO2. The van der Waals surface area contributed by atoms with Gasteiger partial charge in [0.05, 0.1) is 16.8 Å². The molecule has 0 amide bonds. The highest BCUT2D eigenvalue weighted by Crippen LogP contribution is 2.29. The molecule has 0 fully saturated rings. The van der Waals surface area contributed by atoms with Crippen molar-refractivity contribution in [3.63, 3.8) is 0 Å². The number of benzene rings is 1. The zero-order valence-electron chi connectivity index (χ0n) is 9.18. The minimum atomic E-state index is -0.150. The van der Waals surface area contributed by atoms with Gasteiger partial charge in [-0.05, 0) is 19.1 Å². The molecule has 0 atom stereocenters.